The SMILES string of the molecule is COc1ccc(SC(=Nc2ccccc2)N=C(N(C)C)N(C)C)cc1. The van der Waals surface area contributed by atoms with E-state index in [9.17, 15) is 0 Å². The first-order valence-electron chi connectivity index (χ1n) is 7.88. The molecule has 5 nitrogen and oxygen atoms in total. The summed E-state index contributed by atoms with van der Waals surface area (Å²) < 4.78 is 5.22. The van der Waals surface area contributed by atoms with Gasteiger partial charge in [-0.15, -0.1) is 0 Å². The van der Waals surface area contributed by atoms with E-state index in [0.29, 0.717) is 5.17 Å². The Bertz CT molecular complexity index is 715. The number of amidine groups is 1. The van der Waals surface area contributed by atoms with E-state index in [2.05, 4.69) is 0 Å². The average molecular weight is 356 g/mol. The quantitative estimate of drug-likeness (QED) is 0.474. The summed E-state index contributed by atoms with van der Waals surface area (Å²) in [6, 6.07) is 17.7. The molecule has 0 unspecified atom stereocenters. The zero-order valence-corrected chi connectivity index (χ0v) is 16.1. The molecule has 132 valence electrons. The van der Waals surface area contributed by atoms with Crippen molar-refractivity contribution in [3.63, 3.8) is 0 Å². The number of nitrogens with zero attached hydrogens (tertiary/aromatic N) is 4. The van der Waals surface area contributed by atoms with Gasteiger partial charge < -0.3 is 14.5 Å². The van der Waals surface area contributed by atoms with E-state index in [-0.39, 0.29) is 0 Å². The second-order valence-corrected chi connectivity index (χ2v) is 6.75. The van der Waals surface area contributed by atoms with Crippen LogP contribution in [-0.4, -0.2) is 56.2 Å². The summed E-state index contributed by atoms with van der Waals surface area (Å²) in [7, 11) is 9.54. The fourth-order valence-corrected chi connectivity index (χ4v) is 2.88. The molecule has 2 aromatic carbocycles. The molecule has 6 heteroatoms. The van der Waals surface area contributed by atoms with Gasteiger partial charge in [0.2, 0.25) is 5.96 Å². The zero-order chi connectivity index (χ0) is 18.2. The van der Waals surface area contributed by atoms with Gasteiger partial charge >= 0.3 is 0 Å². The maximum Gasteiger partial charge on any atom is 0.202 e. The number of methoxy groups -OCH3 is 1. The number of benzene rings is 2. The molecule has 0 heterocycles. The fourth-order valence-electron chi connectivity index (χ4n) is 2.12. The fraction of sp³-hybridized carbons (Fsp3) is 0.263. The maximum absolute atomic E-state index is 5.22. The lowest BCUT2D eigenvalue weighted by Crippen LogP contribution is -2.35. The molecule has 0 aliphatic rings. The highest BCUT2D eigenvalue weighted by Crippen LogP contribution is 2.25. The highest BCUT2D eigenvalue weighted by molar-refractivity contribution is 8.14. The van der Waals surface area contributed by atoms with Crippen molar-refractivity contribution in [1.29, 1.82) is 0 Å². The van der Waals surface area contributed by atoms with Crippen LogP contribution in [0.2, 0.25) is 0 Å². The molecular formula is C19H24N4OS. The Morgan fingerprint density at radius 2 is 1.48 bits per heavy atom. The van der Waals surface area contributed by atoms with Gasteiger partial charge in [-0.1, -0.05) is 18.2 Å². The van der Waals surface area contributed by atoms with Gasteiger partial charge in [-0.2, -0.15) is 4.99 Å². The average Bonchev–Trinajstić information content (AvgIpc) is 2.60. The summed E-state index contributed by atoms with van der Waals surface area (Å²) in [6.45, 7) is 0. The Balaban J connectivity index is 2.37. The molecule has 0 radical (unpaired) electrons. The van der Waals surface area contributed by atoms with Crippen LogP contribution in [0.5, 0.6) is 5.75 Å². The first kappa shape index (κ1) is 18.9. The molecule has 0 bridgehead atoms. The van der Waals surface area contributed by atoms with E-state index in [0.717, 1.165) is 22.3 Å². The number of ether oxygens (including phenoxy) is 1. The highest BCUT2D eigenvalue weighted by Gasteiger charge is 2.09. The third-order valence-corrected chi connectivity index (χ3v) is 4.12. The number of guanidine groups is 1. The molecule has 0 spiro atoms. The first-order chi connectivity index (χ1) is 12.0. The van der Waals surface area contributed by atoms with Gasteiger partial charge in [-0.3, -0.25) is 0 Å². The second kappa shape index (κ2) is 9.13. The van der Waals surface area contributed by atoms with Crippen LogP contribution in [0, 0.1) is 0 Å². The molecule has 0 amide bonds. The predicted molar refractivity (Wildman–Crippen MR) is 107 cm³/mol. The Morgan fingerprint density at radius 1 is 0.880 bits per heavy atom. The Kier molecular flexibility index (Phi) is 6.89. The van der Waals surface area contributed by atoms with Crippen molar-refractivity contribution in [3.8, 4) is 5.75 Å². The lowest BCUT2D eigenvalue weighted by molar-refractivity contribution is 0.414. The van der Waals surface area contributed by atoms with Crippen molar-refractivity contribution in [2.24, 2.45) is 9.98 Å². The van der Waals surface area contributed by atoms with Gasteiger partial charge in [-0.05, 0) is 48.2 Å². The minimum atomic E-state index is 0.675. The topological polar surface area (TPSA) is 40.4 Å². The van der Waals surface area contributed by atoms with Crippen molar-refractivity contribution >= 4 is 28.6 Å². The first-order valence-corrected chi connectivity index (χ1v) is 8.70. The van der Waals surface area contributed by atoms with Crippen LogP contribution in [0.25, 0.3) is 0 Å². The molecule has 2 aromatic rings. The zero-order valence-electron chi connectivity index (χ0n) is 15.3. The number of thioether (sulfide) groups is 1. The van der Waals surface area contributed by atoms with Gasteiger partial charge in [0, 0.05) is 33.1 Å². The second-order valence-electron chi connectivity index (χ2n) is 5.71. The van der Waals surface area contributed by atoms with Gasteiger partial charge in [0.1, 0.15) is 5.75 Å². The van der Waals surface area contributed by atoms with Gasteiger partial charge in [0.25, 0.3) is 0 Å². The lowest BCUT2D eigenvalue weighted by atomic mass is 10.3. The Morgan fingerprint density at radius 3 is 2.00 bits per heavy atom. The predicted octanol–water partition coefficient (Wildman–Crippen LogP) is 3.95. The molecule has 0 aliphatic heterocycles. The van der Waals surface area contributed by atoms with Crippen LogP contribution in [0.3, 0.4) is 0 Å². The minimum Gasteiger partial charge on any atom is -0.497 e. The summed E-state index contributed by atoms with van der Waals surface area (Å²) in [5, 5.41) is 0.675. The maximum atomic E-state index is 5.22. The molecule has 0 aromatic heterocycles. The molecular weight excluding hydrogens is 332 g/mol. The van der Waals surface area contributed by atoms with E-state index in [1.54, 1.807) is 7.11 Å². The Labute approximate surface area is 154 Å². The number of hydrogen-bond donors (Lipinski definition) is 0. The van der Waals surface area contributed by atoms with E-state index in [1.165, 1.54) is 11.8 Å². The molecule has 0 atom stereocenters. The number of hydrogen-bond acceptors (Lipinski definition) is 3. The molecule has 0 N–H and O–H groups in total. The van der Waals surface area contributed by atoms with Crippen molar-refractivity contribution in [3.05, 3.63) is 54.6 Å². The molecule has 0 aliphatic carbocycles. The lowest BCUT2D eigenvalue weighted by Gasteiger charge is -2.22. The van der Waals surface area contributed by atoms with E-state index in [1.807, 2.05) is 92.6 Å². The van der Waals surface area contributed by atoms with Crippen LogP contribution < -0.4 is 4.74 Å². The molecule has 0 fully saturated rings. The van der Waals surface area contributed by atoms with Crippen LogP contribution in [0.1, 0.15) is 0 Å². The van der Waals surface area contributed by atoms with E-state index in [4.69, 9.17) is 14.7 Å². The number of aliphatic imine (C=N–C) groups is 2. The van der Waals surface area contributed by atoms with Crippen LogP contribution in [0.4, 0.5) is 5.69 Å². The van der Waals surface area contributed by atoms with E-state index < -0.39 is 0 Å². The van der Waals surface area contributed by atoms with Gasteiger partial charge in [-0.25, -0.2) is 4.99 Å². The summed E-state index contributed by atoms with van der Waals surface area (Å²) in [5.74, 6) is 1.66. The number of rotatable bonds is 3. The third kappa shape index (κ3) is 5.83. The smallest absolute Gasteiger partial charge is 0.202 e. The minimum absolute atomic E-state index is 0.675. The Hall–Kier alpha value is -2.47. The van der Waals surface area contributed by atoms with Crippen LogP contribution in [-0.2, 0) is 0 Å². The summed E-state index contributed by atoms with van der Waals surface area (Å²) >= 11 is 1.52. The van der Waals surface area contributed by atoms with Crippen molar-refractivity contribution < 1.29 is 4.74 Å². The molecule has 25 heavy (non-hydrogen) atoms. The van der Waals surface area contributed by atoms with Crippen molar-refractivity contribution in [2.75, 3.05) is 35.3 Å². The number of para-hydroxylation sites is 1. The van der Waals surface area contributed by atoms with Crippen LogP contribution >= 0.6 is 11.8 Å². The van der Waals surface area contributed by atoms with Gasteiger partial charge in [0.15, 0.2) is 5.17 Å². The summed E-state index contributed by atoms with van der Waals surface area (Å²) in [6.07, 6.45) is 0. The monoisotopic (exact) mass is 356 g/mol. The molecule has 0 saturated carbocycles. The van der Waals surface area contributed by atoms with E-state index >= 15 is 0 Å². The standard InChI is InChI=1S/C19H24N4OS/c1-22(2)19(23(3)4)21-18(20-15-9-7-6-8-10-15)25-17-13-11-16(24-5)12-14-17/h6-14H,1-5H3. The van der Waals surface area contributed by atoms with Crippen molar-refractivity contribution in [1.82, 2.24) is 9.80 Å². The largest absolute Gasteiger partial charge is 0.497 e. The normalized spacial score (nSPS) is 11.0. The molecule has 2 rings (SSSR count). The summed E-state index contributed by atoms with van der Waals surface area (Å²) in [4.78, 5) is 14.5. The van der Waals surface area contributed by atoms with Gasteiger partial charge in [0.05, 0.1) is 12.8 Å². The summed E-state index contributed by atoms with van der Waals surface area (Å²) in [5.41, 5.74) is 0.874. The third-order valence-electron chi connectivity index (χ3n) is 3.25. The van der Waals surface area contributed by atoms with Crippen LogP contribution in [0.15, 0.2) is 69.5 Å². The highest BCUT2D eigenvalue weighted by atomic mass is 32.2. The molecule has 0 saturated heterocycles. The van der Waals surface area contributed by atoms with Crippen molar-refractivity contribution in [2.45, 2.75) is 4.90 Å².